The highest BCUT2D eigenvalue weighted by atomic mass is 16.5. The summed E-state index contributed by atoms with van der Waals surface area (Å²) in [5.41, 5.74) is 3.82. The molecular formula is C31H36N6O5. The monoisotopic (exact) mass is 572 g/mol. The van der Waals surface area contributed by atoms with Gasteiger partial charge in [-0.2, -0.15) is 0 Å². The van der Waals surface area contributed by atoms with E-state index in [1.807, 2.05) is 18.2 Å². The molecule has 220 valence electrons. The van der Waals surface area contributed by atoms with Gasteiger partial charge in [-0.05, 0) is 53.9 Å². The van der Waals surface area contributed by atoms with Gasteiger partial charge >= 0.3 is 6.03 Å². The molecule has 1 saturated heterocycles. The van der Waals surface area contributed by atoms with Gasteiger partial charge in [-0.3, -0.25) is 19.5 Å². The minimum absolute atomic E-state index is 0.202. The van der Waals surface area contributed by atoms with Gasteiger partial charge in [-0.1, -0.05) is 18.2 Å². The maximum Gasteiger partial charge on any atom is 0.322 e. The van der Waals surface area contributed by atoms with Crippen LogP contribution in [0.25, 0.3) is 0 Å². The van der Waals surface area contributed by atoms with E-state index in [9.17, 15) is 14.4 Å². The number of fused-ring (bicyclic) bond motifs is 1. The van der Waals surface area contributed by atoms with Crippen LogP contribution in [0.15, 0.2) is 60.8 Å². The summed E-state index contributed by atoms with van der Waals surface area (Å²) in [7, 11) is 0. The number of amides is 4. The molecule has 2 aliphatic heterocycles. The Bertz CT molecular complexity index is 1410. The zero-order valence-electron chi connectivity index (χ0n) is 23.7. The number of urea groups is 1. The molecule has 4 amide bonds. The molecule has 5 rings (SSSR count). The van der Waals surface area contributed by atoms with E-state index in [2.05, 4.69) is 25.8 Å². The Labute approximate surface area is 245 Å². The second-order valence-corrected chi connectivity index (χ2v) is 10.3. The first-order valence-electron chi connectivity index (χ1n) is 14.2. The number of anilines is 3. The number of hydrogen-bond acceptors (Lipinski definition) is 7. The maximum atomic E-state index is 13.4. The number of nitrogens with zero attached hydrogens (tertiary/aromatic N) is 3. The normalized spacial score (nSPS) is 14.4. The molecule has 2 aliphatic rings. The van der Waals surface area contributed by atoms with Crippen molar-refractivity contribution in [3.8, 4) is 5.75 Å². The van der Waals surface area contributed by atoms with Crippen molar-refractivity contribution < 1.29 is 23.9 Å². The van der Waals surface area contributed by atoms with E-state index >= 15 is 0 Å². The molecular weight excluding hydrogens is 536 g/mol. The van der Waals surface area contributed by atoms with Gasteiger partial charge in [0.25, 0.3) is 5.91 Å². The van der Waals surface area contributed by atoms with Crippen LogP contribution in [0, 0.1) is 0 Å². The van der Waals surface area contributed by atoms with Crippen molar-refractivity contribution in [3.05, 3.63) is 77.6 Å². The third-order valence-electron chi connectivity index (χ3n) is 7.15. The summed E-state index contributed by atoms with van der Waals surface area (Å²) in [4.78, 5) is 46.3. The van der Waals surface area contributed by atoms with Gasteiger partial charge in [0.1, 0.15) is 11.4 Å². The molecule has 0 spiro atoms. The first kappa shape index (κ1) is 29.0. The Kier molecular flexibility index (Phi) is 9.62. The number of pyridine rings is 1. The van der Waals surface area contributed by atoms with Gasteiger partial charge in [-0.15, -0.1) is 0 Å². The fraction of sp³-hybridized carbons (Fsp3) is 0.355. The van der Waals surface area contributed by atoms with E-state index in [0.717, 1.165) is 68.3 Å². The first-order chi connectivity index (χ1) is 20.4. The van der Waals surface area contributed by atoms with E-state index in [1.54, 1.807) is 47.5 Å². The Morgan fingerprint density at radius 3 is 2.48 bits per heavy atom. The number of benzene rings is 2. The molecule has 0 unspecified atom stereocenters. The van der Waals surface area contributed by atoms with Crippen molar-refractivity contribution in [1.29, 1.82) is 0 Å². The number of carbonyl (C=O) groups is 3. The third-order valence-corrected chi connectivity index (χ3v) is 7.15. The van der Waals surface area contributed by atoms with Gasteiger partial charge in [-0.25, -0.2) is 4.79 Å². The predicted octanol–water partition coefficient (Wildman–Crippen LogP) is 3.98. The molecule has 0 bridgehead atoms. The van der Waals surface area contributed by atoms with Crippen molar-refractivity contribution in [1.82, 2.24) is 14.8 Å². The maximum absolute atomic E-state index is 13.4. The largest absolute Gasteiger partial charge is 0.493 e. The molecule has 1 fully saturated rings. The Balaban J connectivity index is 1.24. The number of carbonyl (C=O) groups excluding carboxylic acids is 3. The number of aromatic nitrogens is 1. The molecule has 0 saturated carbocycles. The minimum atomic E-state index is -0.403. The molecule has 1 aromatic heterocycles. The van der Waals surface area contributed by atoms with Crippen molar-refractivity contribution in [3.63, 3.8) is 0 Å². The molecule has 42 heavy (non-hydrogen) atoms. The molecule has 2 aromatic carbocycles. The number of ether oxygens (including phenoxy) is 2. The number of hydrogen-bond donors (Lipinski definition) is 3. The van der Waals surface area contributed by atoms with Gasteiger partial charge in [0.05, 0.1) is 31.2 Å². The van der Waals surface area contributed by atoms with Crippen molar-refractivity contribution in [2.75, 3.05) is 62.0 Å². The lowest BCUT2D eigenvalue weighted by Crippen LogP contribution is -2.40. The number of rotatable bonds is 10. The summed E-state index contributed by atoms with van der Waals surface area (Å²) in [6.45, 7) is 7.09. The molecule has 0 aliphatic carbocycles. The highest BCUT2D eigenvalue weighted by molar-refractivity contribution is 6.06. The fourth-order valence-electron chi connectivity index (χ4n) is 4.98. The second kappa shape index (κ2) is 13.9. The second-order valence-electron chi connectivity index (χ2n) is 10.3. The van der Waals surface area contributed by atoms with Crippen LogP contribution in [0.4, 0.5) is 21.9 Å². The van der Waals surface area contributed by atoms with Crippen molar-refractivity contribution in [2.24, 2.45) is 0 Å². The number of para-hydroxylation sites is 2. The zero-order chi connectivity index (χ0) is 29.3. The topological polar surface area (TPSA) is 125 Å². The Morgan fingerprint density at radius 2 is 1.74 bits per heavy atom. The highest BCUT2D eigenvalue weighted by Gasteiger charge is 2.19. The molecule has 0 radical (unpaired) electrons. The lowest BCUT2D eigenvalue weighted by molar-refractivity contribution is -0.114. The Morgan fingerprint density at radius 1 is 0.952 bits per heavy atom. The van der Waals surface area contributed by atoms with Crippen LogP contribution in [0.3, 0.4) is 0 Å². The fourth-order valence-corrected chi connectivity index (χ4v) is 4.98. The van der Waals surface area contributed by atoms with Crippen LogP contribution < -0.4 is 20.7 Å². The van der Waals surface area contributed by atoms with Crippen LogP contribution in [-0.4, -0.2) is 78.6 Å². The summed E-state index contributed by atoms with van der Waals surface area (Å²) in [6.07, 6.45) is 3.25. The quantitative estimate of drug-likeness (QED) is 0.336. The van der Waals surface area contributed by atoms with Crippen LogP contribution in [0.1, 0.15) is 35.0 Å². The third kappa shape index (κ3) is 7.83. The number of nitrogens with one attached hydrogen (secondary N) is 3. The lowest BCUT2D eigenvalue weighted by atomic mass is 10.1. The summed E-state index contributed by atoms with van der Waals surface area (Å²) in [5.74, 6) is 0.229. The van der Waals surface area contributed by atoms with Gasteiger partial charge in [0.15, 0.2) is 0 Å². The Hall–Kier alpha value is -4.48. The minimum Gasteiger partial charge on any atom is -0.493 e. The highest BCUT2D eigenvalue weighted by Crippen LogP contribution is 2.28. The van der Waals surface area contributed by atoms with Crippen LogP contribution in [-0.2, 0) is 22.5 Å². The standard InChI is InChI=1S/C31H36N6O5/c1-22(38)33-26-5-2-3-6-27(26)35-30(39)28-9-7-23(20-32-28)21-37(13-4-12-36-14-17-41-18-15-36)31(40)34-25-8-10-29-24(19-25)11-16-42-29/h2-3,5-10,19-20H,4,11-18,21H2,1H3,(H,33,38)(H,34,40)(H,35,39). The molecule has 11 nitrogen and oxygen atoms in total. The number of morpholine rings is 1. The van der Waals surface area contributed by atoms with E-state index in [1.165, 1.54) is 6.92 Å². The smallest absolute Gasteiger partial charge is 0.322 e. The zero-order valence-corrected chi connectivity index (χ0v) is 23.7. The first-order valence-corrected chi connectivity index (χ1v) is 14.2. The van der Waals surface area contributed by atoms with Gasteiger partial charge in [0.2, 0.25) is 5.91 Å². The van der Waals surface area contributed by atoms with Crippen LogP contribution in [0.2, 0.25) is 0 Å². The van der Waals surface area contributed by atoms with Crippen molar-refractivity contribution >= 4 is 34.9 Å². The van der Waals surface area contributed by atoms with Crippen LogP contribution >= 0.6 is 0 Å². The predicted molar refractivity (Wildman–Crippen MR) is 160 cm³/mol. The molecule has 3 aromatic rings. The molecule has 3 heterocycles. The SMILES string of the molecule is CC(=O)Nc1ccccc1NC(=O)c1ccc(CN(CCCN2CCOCC2)C(=O)Nc2ccc3c(c2)CCO3)cn1. The molecule has 11 heteroatoms. The van der Waals surface area contributed by atoms with Crippen molar-refractivity contribution in [2.45, 2.75) is 26.3 Å². The summed E-state index contributed by atoms with van der Waals surface area (Å²) < 4.78 is 11.0. The van der Waals surface area contributed by atoms with E-state index in [-0.39, 0.29) is 17.6 Å². The average molecular weight is 573 g/mol. The van der Waals surface area contributed by atoms with Gasteiger partial charge < -0.3 is 30.3 Å². The average Bonchev–Trinajstić information content (AvgIpc) is 3.46. The van der Waals surface area contributed by atoms with E-state index in [4.69, 9.17) is 9.47 Å². The van der Waals surface area contributed by atoms with E-state index in [0.29, 0.717) is 31.1 Å². The molecule has 3 N–H and O–H groups in total. The van der Waals surface area contributed by atoms with E-state index < -0.39 is 5.91 Å². The summed E-state index contributed by atoms with van der Waals surface area (Å²) in [5, 5.41) is 8.55. The van der Waals surface area contributed by atoms with Crippen LogP contribution in [0.5, 0.6) is 5.75 Å². The van der Waals surface area contributed by atoms with Gasteiger partial charge in [0, 0.05) is 58.0 Å². The molecule has 0 atom stereocenters. The lowest BCUT2D eigenvalue weighted by Gasteiger charge is -2.28. The summed E-state index contributed by atoms with van der Waals surface area (Å²) in [6, 6.07) is 15.9. The summed E-state index contributed by atoms with van der Waals surface area (Å²) >= 11 is 0.